The van der Waals surface area contributed by atoms with Crippen molar-refractivity contribution >= 4 is 53.1 Å². The molecule has 0 saturated heterocycles. The molecule has 4 N–H and O–H groups in total. The lowest BCUT2D eigenvalue weighted by Crippen LogP contribution is -2.40. The van der Waals surface area contributed by atoms with Crippen molar-refractivity contribution in [2.45, 2.75) is 45.6 Å². The fourth-order valence-corrected chi connectivity index (χ4v) is 3.56. The number of benzene rings is 2. The molecule has 1 unspecified atom stereocenters. The van der Waals surface area contributed by atoms with Crippen molar-refractivity contribution in [2.75, 3.05) is 23.7 Å². The first-order chi connectivity index (χ1) is 15.1. The van der Waals surface area contributed by atoms with Gasteiger partial charge in [-0.05, 0) is 42.7 Å². The molecule has 172 valence electrons. The minimum absolute atomic E-state index is 0. The van der Waals surface area contributed by atoms with Gasteiger partial charge in [-0.2, -0.15) is 0 Å². The highest BCUT2D eigenvalue weighted by Crippen LogP contribution is 2.31. The third-order valence-electron chi connectivity index (χ3n) is 5.10. The third-order valence-corrected chi connectivity index (χ3v) is 5.10. The summed E-state index contributed by atoms with van der Waals surface area (Å²) in [6, 6.07) is 15.7. The number of anilines is 2. The van der Waals surface area contributed by atoms with E-state index in [9.17, 15) is 9.59 Å². The average Bonchev–Trinajstić information content (AvgIpc) is 2.76. The molecule has 0 fully saturated rings. The summed E-state index contributed by atoms with van der Waals surface area (Å²) in [4.78, 5) is 28.4. The number of guanidine groups is 1. The first-order valence-electron chi connectivity index (χ1n) is 10.9. The lowest BCUT2D eigenvalue weighted by Gasteiger charge is -2.26. The summed E-state index contributed by atoms with van der Waals surface area (Å²) in [7, 11) is 0. The Labute approximate surface area is 206 Å². The zero-order valence-electron chi connectivity index (χ0n) is 18.6. The van der Waals surface area contributed by atoms with E-state index in [0.29, 0.717) is 31.9 Å². The lowest BCUT2D eigenvalue weighted by atomic mass is 9.90. The maximum absolute atomic E-state index is 12.0. The number of nitrogens with one attached hydrogen (secondary N) is 4. The summed E-state index contributed by atoms with van der Waals surface area (Å²) < 4.78 is 0. The Bertz CT molecular complexity index is 930. The number of carbonyl (C=O) groups excluding carboxylic acids is 2. The molecule has 1 atom stereocenters. The van der Waals surface area contributed by atoms with E-state index in [2.05, 4.69) is 32.3 Å². The van der Waals surface area contributed by atoms with E-state index < -0.39 is 0 Å². The Balaban J connectivity index is 0.00000363. The van der Waals surface area contributed by atoms with Crippen LogP contribution in [0.2, 0.25) is 0 Å². The van der Waals surface area contributed by atoms with Crippen LogP contribution in [0.4, 0.5) is 11.4 Å². The van der Waals surface area contributed by atoms with Crippen molar-refractivity contribution in [2.24, 2.45) is 4.99 Å². The SMILES string of the molecule is CCCC(=O)Nc1ccc(CN=C(NCC)NCC2CC(=O)Nc3ccccc32)cc1.I. The first kappa shape index (κ1) is 25.6. The van der Waals surface area contributed by atoms with Gasteiger partial charge in [-0.25, -0.2) is 4.99 Å². The second-order valence-electron chi connectivity index (χ2n) is 7.61. The van der Waals surface area contributed by atoms with Crippen molar-refractivity contribution in [3.8, 4) is 0 Å². The van der Waals surface area contributed by atoms with Gasteiger partial charge in [0, 0.05) is 43.2 Å². The Morgan fingerprint density at radius 2 is 1.84 bits per heavy atom. The second kappa shape index (κ2) is 13.0. The molecule has 0 bridgehead atoms. The normalized spacial score (nSPS) is 15.1. The fourth-order valence-electron chi connectivity index (χ4n) is 3.56. The molecule has 0 aromatic heterocycles. The van der Waals surface area contributed by atoms with Gasteiger partial charge in [-0.3, -0.25) is 9.59 Å². The van der Waals surface area contributed by atoms with Gasteiger partial charge in [0.2, 0.25) is 11.8 Å². The molecule has 2 aromatic rings. The molecule has 0 saturated carbocycles. The molecule has 0 aliphatic carbocycles. The summed E-state index contributed by atoms with van der Waals surface area (Å²) in [5.74, 6) is 0.884. The van der Waals surface area contributed by atoms with E-state index in [1.165, 1.54) is 0 Å². The second-order valence-corrected chi connectivity index (χ2v) is 7.61. The van der Waals surface area contributed by atoms with Gasteiger partial charge in [-0.1, -0.05) is 37.3 Å². The highest BCUT2D eigenvalue weighted by atomic mass is 127. The van der Waals surface area contributed by atoms with Crippen LogP contribution < -0.4 is 21.3 Å². The number of amides is 2. The Kier molecular flexibility index (Phi) is 10.5. The van der Waals surface area contributed by atoms with Crippen LogP contribution in [0.15, 0.2) is 53.5 Å². The summed E-state index contributed by atoms with van der Waals surface area (Å²) in [5, 5.41) is 12.5. The Hall–Kier alpha value is -2.62. The van der Waals surface area contributed by atoms with Crippen molar-refractivity contribution in [1.82, 2.24) is 10.6 Å². The lowest BCUT2D eigenvalue weighted by molar-refractivity contribution is -0.117. The van der Waals surface area contributed by atoms with Gasteiger partial charge in [-0.15, -0.1) is 24.0 Å². The summed E-state index contributed by atoms with van der Waals surface area (Å²) in [6.07, 6.45) is 1.81. The van der Waals surface area contributed by atoms with Crippen LogP contribution in [0.3, 0.4) is 0 Å². The van der Waals surface area contributed by atoms with Gasteiger partial charge >= 0.3 is 0 Å². The van der Waals surface area contributed by atoms with Gasteiger partial charge < -0.3 is 21.3 Å². The minimum Gasteiger partial charge on any atom is -0.357 e. The predicted octanol–water partition coefficient (Wildman–Crippen LogP) is 4.22. The molecule has 1 heterocycles. The third kappa shape index (κ3) is 7.51. The quantitative estimate of drug-likeness (QED) is 0.225. The van der Waals surface area contributed by atoms with Crippen molar-refractivity contribution in [1.29, 1.82) is 0 Å². The molecular formula is C24H32IN5O2. The maximum atomic E-state index is 12.0. The monoisotopic (exact) mass is 549 g/mol. The fraction of sp³-hybridized carbons (Fsp3) is 0.375. The molecule has 0 radical (unpaired) electrons. The van der Waals surface area contributed by atoms with Crippen LogP contribution in [0, 0.1) is 0 Å². The number of hydrogen-bond donors (Lipinski definition) is 4. The van der Waals surface area contributed by atoms with Crippen molar-refractivity contribution in [3.63, 3.8) is 0 Å². The smallest absolute Gasteiger partial charge is 0.225 e. The van der Waals surface area contributed by atoms with Crippen LogP contribution in [0.5, 0.6) is 0 Å². The van der Waals surface area contributed by atoms with Crippen LogP contribution in [0.1, 0.15) is 50.2 Å². The molecule has 3 rings (SSSR count). The van der Waals surface area contributed by atoms with Gasteiger partial charge in [0.15, 0.2) is 5.96 Å². The van der Waals surface area contributed by atoms with Gasteiger partial charge in [0.1, 0.15) is 0 Å². The molecule has 7 nitrogen and oxygen atoms in total. The highest BCUT2D eigenvalue weighted by molar-refractivity contribution is 14.0. The summed E-state index contributed by atoms with van der Waals surface area (Å²) in [5.41, 5.74) is 3.88. The van der Waals surface area contributed by atoms with E-state index in [1.807, 2.05) is 56.3 Å². The molecule has 32 heavy (non-hydrogen) atoms. The maximum Gasteiger partial charge on any atom is 0.225 e. The number of nitrogens with zero attached hydrogens (tertiary/aromatic N) is 1. The van der Waals surface area contributed by atoms with Gasteiger partial charge in [0.05, 0.1) is 6.54 Å². The number of para-hydroxylation sites is 1. The molecular weight excluding hydrogens is 517 g/mol. The first-order valence-corrected chi connectivity index (χ1v) is 10.9. The van der Waals surface area contributed by atoms with Crippen molar-refractivity contribution in [3.05, 3.63) is 59.7 Å². The molecule has 2 amide bonds. The Morgan fingerprint density at radius 3 is 2.56 bits per heavy atom. The summed E-state index contributed by atoms with van der Waals surface area (Å²) >= 11 is 0. The van der Waals surface area contributed by atoms with E-state index in [-0.39, 0.29) is 41.7 Å². The molecule has 1 aliphatic heterocycles. The van der Waals surface area contributed by atoms with Crippen LogP contribution in [0.25, 0.3) is 0 Å². The Morgan fingerprint density at radius 1 is 1.09 bits per heavy atom. The molecule has 1 aliphatic rings. The largest absolute Gasteiger partial charge is 0.357 e. The van der Waals surface area contributed by atoms with E-state index in [4.69, 9.17) is 0 Å². The topological polar surface area (TPSA) is 94.6 Å². The van der Waals surface area contributed by atoms with E-state index >= 15 is 0 Å². The number of aliphatic imine (C=N–C) groups is 1. The van der Waals surface area contributed by atoms with Crippen LogP contribution in [-0.2, 0) is 16.1 Å². The minimum atomic E-state index is 0. The molecule has 2 aromatic carbocycles. The van der Waals surface area contributed by atoms with E-state index in [0.717, 1.165) is 35.5 Å². The van der Waals surface area contributed by atoms with Crippen molar-refractivity contribution < 1.29 is 9.59 Å². The summed E-state index contributed by atoms with van der Waals surface area (Å²) in [6.45, 7) is 5.89. The van der Waals surface area contributed by atoms with Crippen LogP contribution in [-0.4, -0.2) is 30.9 Å². The van der Waals surface area contributed by atoms with Gasteiger partial charge in [0.25, 0.3) is 0 Å². The number of fused-ring (bicyclic) bond motifs is 1. The molecule has 8 heteroatoms. The zero-order chi connectivity index (χ0) is 22.1. The average molecular weight is 549 g/mol. The van der Waals surface area contributed by atoms with E-state index in [1.54, 1.807) is 0 Å². The standard InChI is InChI=1S/C24H31N5O2.HI/c1-3-7-22(30)28-19-12-10-17(11-13-19)15-26-24(25-4-2)27-16-18-14-23(31)29-21-9-6-5-8-20(18)21;/h5-6,8-13,18H,3-4,7,14-16H2,1-2H3,(H,28,30)(H,29,31)(H2,25,26,27);1H. The number of hydrogen-bond acceptors (Lipinski definition) is 3. The highest BCUT2D eigenvalue weighted by Gasteiger charge is 2.24. The number of rotatable bonds is 8. The predicted molar refractivity (Wildman–Crippen MR) is 141 cm³/mol. The number of carbonyl (C=O) groups is 2. The van der Waals surface area contributed by atoms with Crippen LogP contribution >= 0.6 is 24.0 Å². The number of halogens is 1. The molecule has 0 spiro atoms. The zero-order valence-corrected chi connectivity index (χ0v) is 20.9.